The van der Waals surface area contributed by atoms with Crippen LogP contribution >= 0.6 is 0 Å². The van der Waals surface area contributed by atoms with Gasteiger partial charge in [-0.15, -0.1) is 0 Å². The van der Waals surface area contributed by atoms with Crippen LogP contribution in [-0.4, -0.2) is 35.1 Å². The number of rotatable bonds is 3. The minimum absolute atomic E-state index is 0.725. The van der Waals surface area contributed by atoms with E-state index in [2.05, 4.69) is 27.3 Å². The monoisotopic (exact) mass is 219 g/mol. The summed E-state index contributed by atoms with van der Waals surface area (Å²) in [6, 6.07) is 5.81. The summed E-state index contributed by atoms with van der Waals surface area (Å²) in [6.07, 6.45) is 7.49. The van der Waals surface area contributed by atoms with Gasteiger partial charge in [0.05, 0.1) is 0 Å². The molecule has 2 fully saturated rings. The molecular formula is C13H21N3. The molecule has 3 heterocycles. The third-order valence-electron chi connectivity index (χ3n) is 4.06. The van der Waals surface area contributed by atoms with Crippen molar-refractivity contribution >= 4 is 0 Å². The summed E-state index contributed by atoms with van der Waals surface area (Å²) in [4.78, 5) is 5.92. The maximum absolute atomic E-state index is 3.68. The van der Waals surface area contributed by atoms with Gasteiger partial charge >= 0.3 is 0 Å². The van der Waals surface area contributed by atoms with E-state index in [0.717, 1.165) is 18.6 Å². The smallest absolute Gasteiger partial charge is 0.0359 e. The van der Waals surface area contributed by atoms with Crippen LogP contribution in [0, 0.1) is 0 Å². The van der Waals surface area contributed by atoms with Gasteiger partial charge in [0.1, 0.15) is 0 Å². The fraction of sp³-hybridized carbons (Fsp3) is 0.692. The zero-order valence-corrected chi connectivity index (χ0v) is 9.78. The fourth-order valence-electron chi connectivity index (χ4n) is 3.14. The molecule has 1 aromatic rings. The van der Waals surface area contributed by atoms with E-state index in [4.69, 9.17) is 0 Å². The molecule has 3 nitrogen and oxygen atoms in total. The molecule has 0 aliphatic carbocycles. The number of fused-ring (bicyclic) bond motifs is 1. The minimum Gasteiger partial charge on any atom is -0.364 e. The third kappa shape index (κ3) is 2.15. The first-order valence-electron chi connectivity index (χ1n) is 6.51. The van der Waals surface area contributed by atoms with Gasteiger partial charge in [-0.3, -0.25) is 0 Å². The summed E-state index contributed by atoms with van der Waals surface area (Å²) in [5, 5.41) is 3.68. The first-order chi connectivity index (χ1) is 7.92. The Balaban J connectivity index is 1.49. The molecular weight excluding hydrogens is 198 g/mol. The van der Waals surface area contributed by atoms with E-state index in [9.17, 15) is 0 Å². The maximum Gasteiger partial charge on any atom is 0.0359 e. The van der Waals surface area contributed by atoms with Crippen molar-refractivity contribution in [2.75, 3.05) is 13.1 Å². The molecule has 1 aromatic heterocycles. The molecule has 16 heavy (non-hydrogen) atoms. The second-order valence-corrected chi connectivity index (χ2v) is 5.13. The average Bonchev–Trinajstić information content (AvgIpc) is 2.97. The molecule has 0 radical (unpaired) electrons. The van der Waals surface area contributed by atoms with Crippen LogP contribution < -0.4 is 5.32 Å². The molecule has 0 saturated carbocycles. The molecule has 88 valence electrons. The predicted octanol–water partition coefficient (Wildman–Crippen LogP) is 1.73. The SMILES string of the molecule is c1c[nH]c(CNC2CCN3CCCC3C2)c1. The van der Waals surface area contributed by atoms with Crippen molar-refractivity contribution in [1.29, 1.82) is 0 Å². The van der Waals surface area contributed by atoms with Crippen LogP contribution in [0.1, 0.15) is 31.4 Å². The van der Waals surface area contributed by atoms with Crippen LogP contribution in [0.3, 0.4) is 0 Å². The predicted molar refractivity (Wildman–Crippen MR) is 65.2 cm³/mol. The van der Waals surface area contributed by atoms with Crippen molar-refractivity contribution in [3.8, 4) is 0 Å². The van der Waals surface area contributed by atoms with E-state index in [-0.39, 0.29) is 0 Å². The van der Waals surface area contributed by atoms with Crippen LogP contribution in [0.2, 0.25) is 0 Å². The van der Waals surface area contributed by atoms with Gasteiger partial charge < -0.3 is 15.2 Å². The van der Waals surface area contributed by atoms with Crippen molar-refractivity contribution < 1.29 is 0 Å². The minimum atomic E-state index is 0.725. The normalized spacial score (nSPS) is 30.5. The fourth-order valence-corrected chi connectivity index (χ4v) is 3.14. The summed E-state index contributed by atoms with van der Waals surface area (Å²) in [6.45, 7) is 3.63. The Morgan fingerprint density at radius 3 is 3.25 bits per heavy atom. The number of hydrogen-bond donors (Lipinski definition) is 2. The molecule has 3 rings (SSSR count). The van der Waals surface area contributed by atoms with Gasteiger partial charge in [-0.25, -0.2) is 0 Å². The van der Waals surface area contributed by atoms with Gasteiger partial charge in [-0.05, 0) is 50.9 Å². The molecule has 2 N–H and O–H groups in total. The van der Waals surface area contributed by atoms with E-state index in [1.54, 1.807) is 0 Å². The van der Waals surface area contributed by atoms with E-state index < -0.39 is 0 Å². The maximum atomic E-state index is 3.68. The van der Waals surface area contributed by atoms with Crippen LogP contribution in [-0.2, 0) is 6.54 Å². The second kappa shape index (κ2) is 4.60. The largest absolute Gasteiger partial charge is 0.364 e. The molecule has 2 saturated heterocycles. The summed E-state index contributed by atoms with van der Waals surface area (Å²) >= 11 is 0. The summed E-state index contributed by atoms with van der Waals surface area (Å²) in [5.74, 6) is 0. The number of piperidine rings is 1. The van der Waals surface area contributed by atoms with Crippen molar-refractivity contribution in [3.63, 3.8) is 0 Å². The second-order valence-electron chi connectivity index (χ2n) is 5.13. The van der Waals surface area contributed by atoms with Crippen LogP contribution in [0.15, 0.2) is 18.3 Å². The molecule has 2 atom stereocenters. The van der Waals surface area contributed by atoms with Gasteiger partial charge in [-0.2, -0.15) is 0 Å². The Morgan fingerprint density at radius 2 is 2.38 bits per heavy atom. The van der Waals surface area contributed by atoms with E-state index in [1.807, 2.05) is 6.20 Å². The van der Waals surface area contributed by atoms with E-state index >= 15 is 0 Å². The Bertz CT molecular complexity index is 320. The van der Waals surface area contributed by atoms with Crippen molar-refractivity contribution in [1.82, 2.24) is 15.2 Å². The number of aromatic nitrogens is 1. The van der Waals surface area contributed by atoms with Gasteiger partial charge in [0.15, 0.2) is 0 Å². The molecule has 2 aliphatic heterocycles. The van der Waals surface area contributed by atoms with Crippen molar-refractivity contribution in [2.24, 2.45) is 0 Å². The molecule has 0 spiro atoms. The van der Waals surface area contributed by atoms with Gasteiger partial charge in [0.25, 0.3) is 0 Å². The van der Waals surface area contributed by atoms with Crippen LogP contribution in [0.5, 0.6) is 0 Å². The summed E-state index contributed by atoms with van der Waals surface area (Å²) in [5.41, 5.74) is 1.30. The van der Waals surface area contributed by atoms with Crippen LogP contribution in [0.4, 0.5) is 0 Å². The first kappa shape index (κ1) is 10.4. The summed E-state index contributed by atoms with van der Waals surface area (Å²) < 4.78 is 0. The molecule has 2 unspecified atom stereocenters. The van der Waals surface area contributed by atoms with Gasteiger partial charge in [-0.1, -0.05) is 0 Å². The quantitative estimate of drug-likeness (QED) is 0.811. The van der Waals surface area contributed by atoms with Crippen LogP contribution in [0.25, 0.3) is 0 Å². The molecule has 3 heteroatoms. The lowest BCUT2D eigenvalue weighted by Gasteiger charge is -2.35. The van der Waals surface area contributed by atoms with E-state index in [0.29, 0.717) is 0 Å². The lowest BCUT2D eigenvalue weighted by Crippen LogP contribution is -2.45. The number of aromatic amines is 1. The highest BCUT2D eigenvalue weighted by molar-refractivity contribution is 5.03. The van der Waals surface area contributed by atoms with Gasteiger partial charge in [0.2, 0.25) is 0 Å². The average molecular weight is 219 g/mol. The molecule has 2 aliphatic rings. The third-order valence-corrected chi connectivity index (χ3v) is 4.06. The molecule has 0 amide bonds. The number of H-pyrrole nitrogens is 1. The first-order valence-corrected chi connectivity index (χ1v) is 6.51. The highest BCUT2D eigenvalue weighted by Crippen LogP contribution is 2.26. The zero-order chi connectivity index (χ0) is 10.8. The Morgan fingerprint density at radius 1 is 1.38 bits per heavy atom. The number of hydrogen-bond acceptors (Lipinski definition) is 2. The van der Waals surface area contributed by atoms with E-state index in [1.165, 1.54) is 44.5 Å². The number of nitrogens with one attached hydrogen (secondary N) is 2. The van der Waals surface area contributed by atoms with Crippen molar-refractivity contribution in [2.45, 2.75) is 44.3 Å². The topological polar surface area (TPSA) is 31.1 Å². The lowest BCUT2D eigenvalue weighted by molar-refractivity contribution is 0.166. The number of nitrogens with zero attached hydrogens (tertiary/aromatic N) is 1. The molecule has 0 aromatic carbocycles. The Hall–Kier alpha value is -0.800. The highest BCUT2D eigenvalue weighted by Gasteiger charge is 2.31. The van der Waals surface area contributed by atoms with Gasteiger partial charge in [0, 0.05) is 30.5 Å². The lowest BCUT2D eigenvalue weighted by atomic mass is 9.97. The van der Waals surface area contributed by atoms with Crippen molar-refractivity contribution in [3.05, 3.63) is 24.0 Å². The summed E-state index contributed by atoms with van der Waals surface area (Å²) in [7, 11) is 0. The Labute approximate surface area is 97.2 Å². The zero-order valence-electron chi connectivity index (χ0n) is 9.78. The molecule has 0 bridgehead atoms. The standard InChI is InChI=1S/C13H21N3/c1-3-12(14-6-1)10-15-11-5-8-16-7-2-4-13(16)9-11/h1,3,6,11,13-15H,2,4-5,7-10H2. The highest BCUT2D eigenvalue weighted by atomic mass is 15.2. The Kier molecular flexibility index (Phi) is 2.98.